The highest BCUT2D eigenvalue weighted by molar-refractivity contribution is 6.44. The molecule has 1 heterocycles. The van der Waals surface area contributed by atoms with Gasteiger partial charge >= 0.3 is 0 Å². The first-order valence-electron chi connectivity index (χ1n) is 7.18. The lowest BCUT2D eigenvalue weighted by molar-refractivity contribution is 0.835. The molecule has 0 bridgehead atoms. The Morgan fingerprint density at radius 2 is 1.68 bits per heavy atom. The van der Waals surface area contributed by atoms with Gasteiger partial charge in [0.2, 0.25) is 0 Å². The Labute approximate surface area is 145 Å². The molecule has 0 radical (unpaired) electrons. The Bertz CT molecular complexity index is 834. The lowest BCUT2D eigenvalue weighted by Crippen LogP contribution is -2.00. The van der Waals surface area contributed by atoms with Gasteiger partial charge in [-0.25, -0.2) is 0 Å². The standard InChI is InChI=1S/C18H16Cl3N/c1-11(2)12-3-6-17-13(9-12)7-8-22(17)10-14-15(19)4-5-16(20)18(14)21/h3-9,11H,10H2,1-2H3. The van der Waals surface area contributed by atoms with Crippen LogP contribution in [0.4, 0.5) is 0 Å². The molecule has 1 nitrogen and oxygen atoms in total. The van der Waals surface area contributed by atoms with Crippen molar-refractivity contribution in [3.63, 3.8) is 0 Å². The van der Waals surface area contributed by atoms with Gasteiger partial charge in [0.15, 0.2) is 0 Å². The Balaban J connectivity index is 2.04. The van der Waals surface area contributed by atoms with Crippen LogP contribution in [0.3, 0.4) is 0 Å². The zero-order valence-corrected chi connectivity index (χ0v) is 14.7. The number of aromatic nitrogens is 1. The van der Waals surface area contributed by atoms with Gasteiger partial charge in [-0.2, -0.15) is 0 Å². The third kappa shape index (κ3) is 2.86. The Morgan fingerprint density at radius 3 is 2.41 bits per heavy atom. The molecular weight excluding hydrogens is 337 g/mol. The van der Waals surface area contributed by atoms with Crippen molar-refractivity contribution in [2.24, 2.45) is 0 Å². The maximum Gasteiger partial charge on any atom is 0.0657 e. The van der Waals surface area contributed by atoms with Gasteiger partial charge in [0.1, 0.15) is 0 Å². The Morgan fingerprint density at radius 1 is 0.955 bits per heavy atom. The minimum Gasteiger partial charge on any atom is -0.343 e. The van der Waals surface area contributed by atoms with Crippen LogP contribution < -0.4 is 0 Å². The summed E-state index contributed by atoms with van der Waals surface area (Å²) in [5.74, 6) is 0.518. The van der Waals surface area contributed by atoms with Gasteiger partial charge in [0.05, 0.1) is 16.6 Å². The molecule has 0 amide bonds. The molecule has 0 unspecified atom stereocenters. The number of hydrogen-bond acceptors (Lipinski definition) is 0. The molecule has 3 rings (SSSR count). The topological polar surface area (TPSA) is 4.93 Å². The molecule has 0 aliphatic rings. The number of nitrogens with zero attached hydrogens (tertiary/aromatic N) is 1. The van der Waals surface area contributed by atoms with Crippen LogP contribution >= 0.6 is 34.8 Å². The minimum atomic E-state index is 0.518. The number of hydrogen-bond donors (Lipinski definition) is 0. The molecule has 1 aromatic heterocycles. The normalized spacial score (nSPS) is 11.5. The average Bonchev–Trinajstić information content (AvgIpc) is 2.90. The van der Waals surface area contributed by atoms with Crippen molar-refractivity contribution in [2.45, 2.75) is 26.3 Å². The SMILES string of the molecule is CC(C)c1ccc2c(ccn2Cc2c(Cl)ccc(Cl)c2Cl)c1. The van der Waals surface area contributed by atoms with E-state index in [2.05, 4.69) is 48.9 Å². The monoisotopic (exact) mass is 351 g/mol. The number of halogens is 3. The molecule has 0 spiro atoms. The molecule has 0 saturated carbocycles. The van der Waals surface area contributed by atoms with Crippen molar-refractivity contribution in [1.29, 1.82) is 0 Å². The first kappa shape index (κ1) is 15.7. The van der Waals surface area contributed by atoms with E-state index >= 15 is 0 Å². The van der Waals surface area contributed by atoms with Crippen LogP contribution in [-0.2, 0) is 6.54 Å². The van der Waals surface area contributed by atoms with Crippen LogP contribution in [0, 0.1) is 0 Å². The summed E-state index contributed by atoms with van der Waals surface area (Å²) in [6.45, 7) is 5.00. The van der Waals surface area contributed by atoms with Crippen LogP contribution in [0.2, 0.25) is 15.1 Å². The molecule has 0 saturated heterocycles. The first-order valence-corrected chi connectivity index (χ1v) is 8.32. The van der Waals surface area contributed by atoms with Crippen LogP contribution in [0.1, 0.15) is 30.9 Å². The van der Waals surface area contributed by atoms with Gasteiger partial charge in [-0.05, 0) is 47.2 Å². The maximum absolute atomic E-state index is 6.30. The summed E-state index contributed by atoms with van der Waals surface area (Å²) in [6, 6.07) is 12.2. The molecule has 2 aromatic carbocycles. The molecule has 0 aliphatic carbocycles. The molecule has 3 aromatic rings. The van der Waals surface area contributed by atoms with Crippen molar-refractivity contribution in [1.82, 2.24) is 4.57 Å². The summed E-state index contributed by atoms with van der Waals surface area (Å²) in [6.07, 6.45) is 2.06. The van der Waals surface area contributed by atoms with E-state index in [1.54, 1.807) is 12.1 Å². The second-order valence-electron chi connectivity index (χ2n) is 5.74. The zero-order chi connectivity index (χ0) is 15.9. The summed E-state index contributed by atoms with van der Waals surface area (Å²) < 4.78 is 2.14. The predicted molar refractivity (Wildman–Crippen MR) is 96.6 cm³/mol. The second kappa shape index (κ2) is 6.16. The van der Waals surface area contributed by atoms with Gasteiger partial charge in [-0.1, -0.05) is 54.7 Å². The van der Waals surface area contributed by atoms with Crippen LogP contribution in [0.15, 0.2) is 42.6 Å². The first-order chi connectivity index (χ1) is 10.5. The molecule has 0 atom stereocenters. The molecular formula is C18H16Cl3N. The third-order valence-electron chi connectivity index (χ3n) is 3.93. The summed E-state index contributed by atoms with van der Waals surface area (Å²) in [5.41, 5.74) is 3.35. The maximum atomic E-state index is 6.30. The second-order valence-corrected chi connectivity index (χ2v) is 6.93. The molecule has 4 heteroatoms. The number of benzene rings is 2. The van der Waals surface area contributed by atoms with Gasteiger partial charge in [0, 0.05) is 22.3 Å². The van der Waals surface area contributed by atoms with Crippen LogP contribution in [-0.4, -0.2) is 4.57 Å². The van der Waals surface area contributed by atoms with E-state index in [1.807, 2.05) is 0 Å². The van der Waals surface area contributed by atoms with Crippen LogP contribution in [0.5, 0.6) is 0 Å². The Kier molecular flexibility index (Phi) is 4.40. The molecule has 0 aliphatic heterocycles. The highest BCUT2D eigenvalue weighted by atomic mass is 35.5. The van der Waals surface area contributed by atoms with Crippen molar-refractivity contribution >= 4 is 45.7 Å². The average molecular weight is 353 g/mol. The number of rotatable bonds is 3. The van der Waals surface area contributed by atoms with Gasteiger partial charge in [-0.15, -0.1) is 0 Å². The van der Waals surface area contributed by atoms with Crippen molar-refractivity contribution in [3.8, 4) is 0 Å². The molecule has 22 heavy (non-hydrogen) atoms. The van der Waals surface area contributed by atoms with Gasteiger partial charge in [-0.3, -0.25) is 0 Å². The fraction of sp³-hybridized carbons (Fsp3) is 0.222. The molecule has 0 fully saturated rings. The molecule has 114 valence electrons. The zero-order valence-electron chi connectivity index (χ0n) is 12.4. The third-order valence-corrected chi connectivity index (χ3v) is 5.13. The van der Waals surface area contributed by atoms with E-state index in [4.69, 9.17) is 34.8 Å². The highest BCUT2D eigenvalue weighted by Crippen LogP contribution is 2.33. The highest BCUT2D eigenvalue weighted by Gasteiger charge is 2.12. The van der Waals surface area contributed by atoms with E-state index in [0.717, 1.165) is 11.1 Å². The summed E-state index contributed by atoms with van der Waals surface area (Å²) >= 11 is 18.7. The van der Waals surface area contributed by atoms with Crippen molar-refractivity contribution < 1.29 is 0 Å². The fourth-order valence-corrected chi connectivity index (χ4v) is 3.27. The largest absolute Gasteiger partial charge is 0.343 e. The lowest BCUT2D eigenvalue weighted by atomic mass is 10.0. The van der Waals surface area contributed by atoms with Crippen molar-refractivity contribution in [3.05, 3.63) is 68.8 Å². The minimum absolute atomic E-state index is 0.518. The smallest absolute Gasteiger partial charge is 0.0657 e. The fourth-order valence-electron chi connectivity index (χ4n) is 2.60. The van der Waals surface area contributed by atoms with E-state index in [9.17, 15) is 0 Å². The summed E-state index contributed by atoms with van der Waals surface area (Å²) in [4.78, 5) is 0. The van der Waals surface area contributed by atoms with E-state index < -0.39 is 0 Å². The molecule has 0 N–H and O–H groups in total. The quantitative estimate of drug-likeness (QED) is 0.458. The number of fused-ring (bicyclic) bond motifs is 1. The Hall–Kier alpha value is -1.15. The van der Waals surface area contributed by atoms with Crippen LogP contribution in [0.25, 0.3) is 10.9 Å². The van der Waals surface area contributed by atoms with E-state index in [0.29, 0.717) is 27.5 Å². The van der Waals surface area contributed by atoms with Gasteiger partial charge < -0.3 is 4.57 Å². The van der Waals surface area contributed by atoms with Crippen molar-refractivity contribution in [2.75, 3.05) is 0 Å². The van der Waals surface area contributed by atoms with E-state index in [-0.39, 0.29) is 0 Å². The summed E-state index contributed by atoms with van der Waals surface area (Å²) in [5, 5.41) is 2.91. The van der Waals surface area contributed by atoms with E-state index in [1.165, 1.54) is 10.9 Å². The van der Waals surface area contributed by atoms with Gasteiger partial charge in [0.25, 0.3) is 0 Å². The lowest BCUT2D eigenvalue weighted by Gasteiger charge is -2.11. The predicted octanol–water partition coefficient (Wildman–Crippen LogP) is 6.77. The summed E-state index contributed by atoms with van der Waals surface area (Å²) in [7, 11) is 0.